The summed E-state index contributed by atoms with van der Waals surface area (Å²) < 4.78 is 4.65. The Morgan fingerprint density at radius 1 is 1.29 bits per heavy atom. The third kappa shape index (κ3) is 3.51. The molecule has 1 amide bonds. The van der Waals surface area contributed by atoms with Crippen LogP contribution in [-0.4, -0.2) is 48.2 Å². The van der Waals surface area contributed by atoms with Gasteiger partial charge in [0.05, 0.1) is 13.0 Å². The molecule has 0 radical (unpaired) electrons. The zero-order valence-electron chi connectivity index (χ0n) is 13.4. The number of nitrogens with one attached hydrogen (secondary N) is 1. The van der Waals surface area contributed by atoms with E-state index in [0.717, 1.165) is 0 Å². The van der Waals surface area contributed by atoms with Crippen molar-refractivity contribution in [1.29, 1.82) is 0 Å². The van der Waals surface area contributed by atoms with Crippen LogP contribution in [0.25, 0.3) is 0 Å². The summed E-state index contributed by atoms with van der Waals surface area (Å²) in [5.41, 5.74) is 2.25. The van der Waals surface area contributed by atoms with Crippen LogP contribution in [0, 0.1) is 19.8 Å². The summed E-state index contributed by atoms with van der Waals surface area (Å²) in [6, 6.07) is 0. The molecule has 1 unspecified atom stereocenters. The van der Waals surface area contributed by atoms with Crippen molar-refractivity contribution in [3.8, 4) is 0 Å². The number of nitrogens with zero attached hydrogens (tertiary/aromatic N) is 1. The van der Waals surface area contributed by atoms with E-state index in [1.165, 1.54) is 18.9 Å². The predicted molar refractivity (Wildman–Crippen MR) is 78.4 cm³/mol. The summed E-state index contributed by atoms with van der Waals surface area (Å²) in [7, 11) is 2.93. The Bertz CT molecular complexity index is 574. The van der Waals surface area contributed by atoms with Crippen LogP contribution in [-0.2, 0) is 9.53 Å². The molecule has 0 spiro atoms. The fourth-order valence-electron chi connectivity index (χ4n) is 2.45. The van der Waals surface area contributed by atoms with Gasteiger partial charge in [-0.25, -0.2) is 0 Å². The number of esters is 1. The maximum absolute atomic E-state index is 12.4. The third-order valence-electron chi connectivity index (χ3n) is 3.50. The first-order valence-electron chi connectivity index (χ1n) is 6.74. The van der Waals surface area contributed by atoms with Gasteiger partial charge in [0, 0.05) is 24.8 Å². The average molecular weight is 294 g/mol. The van der Waals surface area contributed by atoms with Crippen molar-refractivity contribution >= 4 is 17.7 Å². The monoisotopic (exact) mass is 294 g/mol. The third-order valence-corrected chi connectivity index (χ3v) is 3.50. The summed E-state index contributed by atoms with van der Waals surface area (Å²) in [4.78, 5) is 39.8. The molecular formula is C15H22N2O4. The van der Waals surface area contributed by atoms with E-state index in [1.807, 2.05) is 0 Å². The highest BCUT2D eigenvalue weighted by Gasteiger charge is 2.24. The number of hydrogen-bond acceptors (Lipinski definition) is 4. The first kappa shape index (κ1) is 16.9. The van der Waals surface area contributed by atoms with Crippen LogP contribution >= 0.6 is 0 Å². The number of aromatic amines is 1. The van der Waals surface area contributed by atoms with Crippen LogP contribution < -0.4 is 0 Å². The lowest BCUT2D eigenvalue weighted by Crippen LogP contribution is -2.34. The highest BCUT2D eigenvalue weighted by Crippen LogP contribution is 2.20. The van der Waals surface area contributed by atoms with E-state index in [1.54, 1.807) is 27.8 Å². The van der Waals surface area contributed by atoms with Gasteiger partial charge in [-0.05, 0) is 26.3 Å². The number of carbonyl (C=O) groups excluding carboxylic acids is 3. The van der Waals surface area contributed by atoms with Crippen LogP contribution in [0.1, 0.15) is 46.0 Å². The van der Waals surface area contributed by atoms with Gasteiger partial charge in [0.25, 0.3) is 5.91 Å². The van der Waals surface area contributed by atoms with Gasteiger partial charge in [-0.15, -0.1) is 0 Å². The van der Waals surface area contributed by atoms with Gasteiger partial charge in [0.1, 0.15) is 5.69 Å². The van der Waals surface area contributed by atoms with E-state index in [0.29, 0.717) is 22.5 Å². The number of carbonyl (C=O) groups is 3. The summed E-state index contributed by atoms with van der Waals surface area (Å²) in [5, 5.41) is 0. The van der Waals surface area contributed by atoms with E-state index in [4.69, 9.17) is 0 Å². The molecule has 1 atom stereocenters. The molecule has 0 fully saturated rings. The smallest absolute Gasteiger partial charge is 0.310 e. The maximum atomic E-state index is 12.4. The van der Waals surface area contributed by atoms with Crippen molar-refractivity contribution in [2.24, 2.45) is 5.92 Å². The number of amides is 1. The summed E-state index contributed by atoms with van der Waals surface area (Å²) in [6.45, 7) is 6.92. The predicted octanol–water partition coefficient (Wildman–Crippen LogP) is 1.72. The van der Waals surface area contributed by atoms with E-state index >= 15 is 0 Å². The molecule has 0 saturated carbocycles. The fourth-order valence-corrected chi connectivity index (χ4v) is 2.45. The Morgan fingerprint density at radius 3 is 2.29 bits per heavy atom. The zero-order chi connectivity index (χ0) is 16.3. The molecule has 1 N–H and O–H groups in total. The van der Waals surface area contributed by atoms with Crippen molar-refractivity contribution in [2.75, 3.05) is 20.7 Å². The number of rotatable bonds is 5. The summed E-state index contributed by atoms with van der Waals surface area (Å²) in [6.07, 6.45) is 0. The molecule has 6 nitrogen and oxygen atoms in total. The highest BCUT2D eigenvalue weighted by atomic mass is 16.5. The number of aromatic nitrogens is 1. The topological polar surface area (TPSA) is 79.5 Å². The lowest BCUT2D eigenvalue weighted by molar-refractivity contribution is -0.145. The molecule has 1 rings (SSSR count). The second kappa shape index (κ2) is 6.56. The number of ether oxygens (including phenoxy) is 1. The number of H-pyrrole nitrogens is 1. The Morgan fingerprint density at radius 2 is 1.86 bits per heavy atom. The number of Topliss-reactive ketones (excluding diaryl/α,β-unsaturated/α-hetero) is 1. The van der Waals surface area contributed by atoms with Gasteiger partial charge in [-0.3, -0.25) is 14.4 Å². The lowest BCUT2D eigenvalue weighted by Gasteiger charge is -2.20. The Labute approximate surface area is 124 Å². The van der Waals surface area contributed by atoms with E-state index < -0.39 is 5.92 Å². The summed E-state index contributed by atoms with van der Waals surface area (Å²) >= 11 is 0. The molecule has 0 aliphatic rings. The first-order chi connectivity index (χ1) is 9.70. The minimum atomic E-state index is -0.410. The standard InChI is InChI=1S/C15H22N2O4/c1-8(15(20)21-6)7-17(5)14(19)13-9(2)12(11(4)18)10(3)16-13/h8,16H,7H2,1-6H3. The van der Waals surface area contributed by atoms with Crippen molar-refractivity contribution in [1.82, 2.24) is 9.88 Å². The van der Waals surface area contributed by atoms with Gasteiger partial charge >= 0.3 is 5.97 Å². The Kier molecular flexibility index (Phi) is 5.29. The van der Waals surface area contributed by atoms with Crippen LogP contribution in [0.3, 0.4) is 0 Å². The molecule has 6 heteroatoms. The van der Waals surface area contributed by atoms with Crippen LogP contribution in [0.5, 0.6) is 0 Å². The lowest BCUT2D eigenvalue weighted by atomic mass is 10.1. The second-order valence-electron chi connectivity index (χ2n) is 5.29. The average Bonchev–Trinajstić information content (AvgIpc) is 2.71. The first-order valence-corrected chi connectivity index (χ1v) is 6.74. The van der Waals surface area contributed by atoms with Gasteiger partial charge in [-0.2, -0.15) is 0 Å². The SMILES string of the molecule is COC(=O)C(C)CN(C)C(=O)c1[nH]c(C)c(C(C)=O)c1C. The number of ketones is 1. The molecule has 1 aromatic heterocycles. The van der Waals surface area contributed by atoms with Gasteiger partial charge in [-0.1, -0.05) is 6.92 Å². The van der Waals surface area contributed by atoms with E-state index in [-0.39, 0.29) is 24.2 Å². The van der Waals surface area contributed by atoms with Crippen molar-refractivity contribution in [3.05, 3.63) is 22.5 Å². The van der Waals surface area contributed by atoms with Gasteiger partial charge in [0.15, 0.2) is 5.78 Å². The molecule has 1 aromatic rings. The minimum Gasteiger partial charge on any atom is -0.469 e. The molecular weight excluding hydrogens is 272 g/mol. The molecule has 1 heterocycles. The van der Waals surface area contributed by atoms with Crippen LogP contribution in [0.4, 0.5) is 0 Å². The molecule has 116 valence electrons. The van der Waals surface area contributed by atoms with Gasteiger partial charge < -0.3 is 14.6 Å². The zero-order valence-corrected chi connectivity index (χ0v) is 13.4. The number of methoxy groups -OCH3 is 1. The van der Waals surface area contributed by atoms with Crippen LogP contribution in [0.15, 0.2) is 0 Å². The Hall–Kier alpha value is -2.11. The maximum Gasteiger partial charge on any atom is 0.310 e. The van der Waals surface area contributed by atoms with Crippen molar-refractivity contribution in [3.63, 3.8) is 0 Å². The quantitative estimate of drug-likeness (QED) is 0.662. The normalized spacial score (nSPS) is 11.9. The fraction of sp³-hybridized carbons (Fsp3) is 0.533. The largest absolute Gasteiger partial charge is 0.469 e. The number of aryl methyl sites for hydroxylation is 1. The molecule has 21 heavy (non-hydrogen) atoms. The van der Waals surface area contributed by atoms with Crippen LogP contribution in [0.2, 0.25) is 0 Å². The molecule has 0 aromatic carbocycles. The van der Waals surface area contributed by atoms with Crippen molar-refractivity contribution in [2.45, 2.75) is 27.7 Å². The summed E-state index contributed by atoms with van der Waals surface area (Å²) in [5.74, 6) is -1.10. The van der Waals surface area contributed by atoms with Gasteiger partial charge in [0.2, 0.25) is 0 Å². The minimum absolute atomic E-state index is 0.0779. The molecule has 0 saturated heterocycles. The van der Waals surface area contributed by atoms with E-state index in [9.17, 15) is 14.4 Å². The van der Waals surface area contributed by atoms with Crippen molar-refractivity contribution < 1.29 is 19.1 Å². The molecule has 0 bridgehead atoms. The second-order valence-corrected chi connectivity index (χ2v) is 5.29. The highest BCUT2D eigenvalue weighted by molar-refractivity contribution is 6.02. The van der Waals surface area contributed by atoms with E-state index in [2.05, 4.69) is 9.72 Å². The molecule has 0 aliphatic heterocycles. The number of hydrogen-bond donors (Lipinski definition) is 1. The molecule has 0 aliphatic carbocycles. The Balaban J connectivity index is 2.96.